The first-order valence-electron chi connectivity index (χ1n) is 11.2. The number of hydrogen-bond acceptors (Lipinski definition) is 0. The molecule has 0 aromatic heterocycles. The maximum Gasteiger partial charge on any atom is 2.00 e. The first-order valence-corrected chi connectivity index (χ1v) is 11.2. The molecular formula is C32H32Cl2Zr2-2. The van der Waals surface area contributed by atoms with Crippen molar-refractivity contribution >= 4 is 21.5 Å². The smallest absolute Gasteiger partial charge is 1.00 e. The Morgan fingerprint density at radius 2 is 0.944 bits per heavy atom. The van der Waals surface area contributed by atoms with Crippen molar-refractivity contribution in [1.82, 2.24) is 0 Å². The van der Waals surface area contributed by atoms with E-state index in [1.165, 1.54) is 43.8 Å². The van der Waals surface area contributed by atoms with Gasteiger partial charge < -0.3 is 24.8 Å². The van der Waals surface area contributed by atoms with E-state index in [9.17, 15) is 0 Å². The molecule has 0 fully saturated rings. The molecule has 0 unspecified atom stereocenters. The molecule has 0 bridgehead atoms. The second-order valence-corrected chi connectivity index (χ2v) is 8.19. The molecule has 0 N–H and O–H groups in total. The van der Waals surface area contributed by atoms with Crippen LogP contribution in [0, 0.1) is 39.8 Å². The van der Waals surface area contributed by atoms with Crippen molar-refractivity contribution in [2.24, 2.45) is 0 Å². The number of aryl methyl sites for hydroxylation is 4. The fourth-order valence-corrected chi connectivity index (χ4v) is 3.49. The standard InChI is InChI=1S/2C11H11.2C5H5.2ClH.2Zr/c2*1-8-6-10-4-3-5-11(10)7-9(8)2;2*1-2-4-5-3-1;;;;/h2*3-7H,1-2H3;2*1-3H,4H2;2*1H;;/q4*-1;;;2*+2/p-2. The van der Waals surface area contributed by atoms with Crippen LogP contribution in [0.5, 0.6) is 0 Å². The Morgan fingerprint density at radius 1 is 0.583 bits per heavy atom. The summed E-state index contributed by atoms with van der Waals surface area (Å²) in [7, 11) is 0. The molecule has 0 saturated heterocycles. The molecular weight excluding hydrogens is 638 g/mol. The fraction of sp³-hybridized carbons (Fsp3) is 0.188. The number of rotatable bonds is 0. The molecule has 0 aliphatic heterocycles. The third-order valence-corrected chi connectivity index (χ3v) is 5.67. The van der Waals surface area contributed by atoms with Crippen LogP contribution in [0.2, 0.25) is 0 Å². The maximum absolute atomic E-state index is 2.99. The Balaban J connectivity index is 0. The van der Waals surface area contributed by atoms with Gasteiger partial charge in [-0.25, -0.2) is 24.3 Å². The minimum absolute atomic E-state index is 0. The molecule has 0 amide bonds. The monoisotopic (exact) mass is 666 g/mol. The minimum atomic E-state index is 0. The van der Waals surface area contributed by atoms with Gasteiger partial charge in [-0.3, -0.25) is 12.2 Å². The first-order chi connectivity index (χ1) is 15.5. The van der Waals surface area contributed by atoms with Crippen LogP contribution in [0.4, 0.5) is 0 Å². The van der Waals surface area contributed by atoms with Gasteiger partial charge in [0.1, 0.15) is 0 Å². The topological polar surface area (TPSA) is 0 Å². The fourth-order valence-electron chi connectivity index (χ4n) is 3.49. The Hall–Kier alpha value is -1.03. The summed E-state index contributed by atoms with van der Waals surface area (Å²) in [6, 6.07) is 21.8. The zero-order chi connectivity index (χ0) is 22.8. The number of hydrogen-bond donors (Lipinski definition) is 0. The molecule has 0 atom stereocenters. The van der Waals surface area contributed by atoms with E-state index < -0.39 is 0 Å². The minimum Gasteiger partial charge on any atom is -1.00 e. The van der Waals surface area contributed by atoms with Gasteiger partial charge in [-0.2, -0.15) is 36.4 Å². The van der Waals surface area contributed by atoms with E-state index in [0.717, 1.165) is 12.8 Å². The average Bonchev–Trinajstić information content (AvgIpc) is 3.57. The molecule has 4 aromatic carbocycles. The van der Waals surface area contributed by atoms with E-state index in [1.54, 1.807) is 0 Å². The third kappa shape index (κ3) is 12.0. The van der Waals surface area contributed by atoms with E-state index in [1.807, 2.05) is 24.3 Å². The molecule has 4 heteroatoms. The van der Waals surface area contributed by atoms with E-state index in [0.29, 0.717) is 0 Å². The molecule has 0 spiro atoms. The van der Waals surface area contributed by atoms with Crippen molar-refractivity contribution in [3.05, 3.63) is 132 Å². The molecule has 2 aliphatic carbocycles. The Bertz CT molecular complexity index is 1080. The summed E-state index contributed by atoms with van der Waals surface area (Å²) in [6.45, 7) is 8.62. The van der Waals surface area contributed by atoms with E-state index in [4.69, 9.17) is 0 Å². The van der Waals surface area contributed by atoms with Crippen molar-refractivity contribution in [3.8, 4) is 0 Å². The number of fused-ring (bicyclic) bond motifs is 2. The Kier molecular flexibility index (Phi) is 20.6. The first kappa shape index (κ1) is 37.1. The number of allylic oxidation sites excluding steroid dienone is 8. The van der Waals surface area contributed by atoms with Gasteiger partial charge in [-0.1, -0.05) is 22.3 Å². The maximum atomic E-state index is 2.99. The van der Waals surface area contributed by atoms with Crippen LogP contribution in [-0.4, -0.2) is 0 Å². The van der Waals surface area contributed by atoms with Crippen LogP contribution in [-0.2, 0) is 52.4 Å². The molecule has 0 heterocycles. The van der Waals surface area contributed by atoms with Crippen LogP contribution < -0.4 is 24.8 Å². The molecule has 36 heavy (non-hydrogen) atoms. The van der Waals surface area contributed by atoms with Gasteiger partial charge in [-0.05, 0) is 27.7 Å². The predicted molar refractivity (Wildman–Crippen MR) is 141 cm³/mol. The summed E-state index contributed by atoms with van der Waals surface area (Å²) in [6.07, 6.45) is 20.0. The molecule has 0 radical (unpaired) electrons. The average molecular weight is 670 g/mol. The van der Waals surface area contributed by atoms with Gasteiger partial charge in [0.15, 0.2) is 0 Å². The molecule has 184 valence electrons. The molecule has 2 aliphatic rings. The van der Waals surface area contributed by atoms with E-state index >= 15 is 0 Å². The zero-order valence-electron chi connectivity index (χ0n) is 21.4. The Morgan fingerprint density at radius 3 is 1.22 bits per heavy atom. The van der Waals surface area contributed by atoms with Gasteiger partial charge in [-0.15, -0.1) is 70.8 Å². The van der Waals surface area contributed by atoms with Crippen LogP contribution in [0.3, 0.4) is 0 Å². The zero-order valence-corrected chi connectivity index (χ0v) is 27.8. The van der Waals surface area contributed by atoms with Gasteiger partial charge in [0, 0.05) is 0 Å². The van der Waals surface area contributed by atoms with Crippen molar-refractivity contribution in [1.29, 1.82) is 0 Å². The van der Waals surface area contributed by atoms with E-state index in [-0.39, 0.29) is 77.2 Å². The van der Waals surface area contributed by atoms with Gasteiger partial charge in [0.25, 0.3) is 0 Å². The second kappa shape index (κ2) is 20.0. The number of benzene rings is 2. The van der Waals surface area contributed by atoms with Crippen LogP contribution >= 0.6 is 0 Å². The van der Waals surface area contributed by atoms with Crippen LogP contribution in [0.15, 0.2) is 97.1 Å². The summed E-state index contributed by atoms with van der Waals surface area (Å²) in [5.74, 6) is 0. The van der Waals surface area contributed by atoms with Crippen molar-refractivity contribution in [3.63, 3.8) is 0 Å². The van der Waals surface area contributed by atoms with E-state index in [2.05, 4.69) is 113 Å². The number of halogens is 2. The Labute approximate surface area is 268 Å². The molecule has 0 saturated carbocycles. The van der Waals surface area contributed by atoms with Crippen LogP contribution in [0.1, 0.15) is 35.1 Å². The van der Waals surface area contributed by atoms with Crippen molar-refractivity contribution in [2.45, 2.75) is 40.5 Å². The second-order valence-electron chi connectivity index (χ2n) is 8.19. The summed E-state index contributed by atoms with van der Waals surface area (Å²) >= 11 is 0. The predicted octanol–water partition coefficient (Wildman–Crippen LogP) is 2.97. The van der Waals surface area contributed by atoms with Crippen molar-refractivity contribution in [2.75, 3.05) is 0 Å². The van der Waals surface area contributed by atoms with Gasteiger partial charge >= 0.3 is 52.4 Å². The third-order valence-electron chi connectivity index (χ3n) is 5.67. The van der Waals surface area contributed by atoms with Crippen molar-refractivity contribution < 1.29 is 77.2 Å². The van der Waals surface area contributed by atoms with Gasteiger partial charge in [0.05, 0.1) is 0 Å². The van der Waals surface area contributed by atoms with Crippen LogP contribution in [0.25, 0.3) is 21.5 Å². The normalized spacial score (nSPS) is 11.4. The molecule has 0 nitrogen and oxygen atoms in total. The summed E-state index contributed by atoms with van der Waals surface area (Å²) in [4.78, 5) is 0. The SMILES string of the molecule is Cc1cc2cc[cH-]c2cc1C.Cc1cc2cc[cH-]c2cc1C.[C-]1=CC=CC1.[C-]1=CC=CC1.[Cl-].[Cl-].[Zr+2].[Zr+2]. The quantitative estimate of drug-likeness (QED) is 0.253. The molecule has 4 aromatic rings. The van der Waals surface area contributed by atoms with Gasteiger partial charge in [0.2, 0.25) is 0 Å². The summed E-state index contributed by atoms with van der Waals surface area (Å²) in [5, 5.41) is 5.42. The summed E-state index contributed by atoms with van der Waals surface area (Å²) < 4.78 is 0. The largest absolute Gasteiger partial charge is 2.00 e. The summed E-state index contributed by atoms with van der Waals surface area (Å²) in [5.41, 5.74) is 5.51. The molecule has 6 rings (SSSR count).